The molecule has 0 saturated carbocycles. The maximum atomic E-state index is 6.12. The van der Waals surface area contributed by atoms with Gasteiger partial charge in [0.2, 0.25) is 11.2 Å². The molecular formula is C14H19ClN4O. The lowest BCUT2D eigenvalue weighted by Gasteiger charge is -2.27. The molecule has 0 N–H and O–H groups in total. The second-order valence-corrected chi connectivity index (χ2v) is 6.42. The van der Waals surface area contributed by atoms with Gasteiger partial charge in [0.05, 0.1) is 12.2 Å². The number of hydrogen-bond donors (Lipinski definition) is 0. The molecule has 5 nitrogen and oxygen atoms in total. The predicted molar refractivity (Wildman–Crippen MR) is 76.2 cm³/mol. The molecule has 1 aromatic rings. The van der Waals surface area contributed by atoms with Crippen LogP contribution >= 0.6 is 11.6 Å². The van der Waals surface area contributed by atoms with E-state index in [4.69, 9.17) is 21.3 Å². The molecule has 0 radical (unpaired) electrons. The van der Waals surface area contributed by atoms with Gasteiger partial charge in [0, 0.05) is 19.0 Å². The average Bonchev–Trinajstić information content (AvgIpc) is 3.08. The van der Waals surface area contributed by atoms with E-state index in [2.05, 4.69) is 14.9 Å². The number of ether oxygens (including phenoxy) is 1. The molecule has 0 amide bonds. The Morgan fingerprint density at radius 3 is 2.40 bits per heavy atom. The average molecular weight is 295 g/mol. The predicted octanol–water partition coefficient (Wildman–Crippen LogP) is 2.55. The van der Waals surface area contributed by atoms with Crippen molar-refractivity contribution in [2.45, 2.75) is 56.7 Å². The van der Waals surface area contributed by atoms with Gasteiger partial charge in [-0.1, -0.05) is 0 Å². The monoisotopic (exact) mass is 294 g/mol. The van der Waals surface area contributed by atoms with Crippen LogP contribution in [0.15, 0.2) is 0 Å². The van der Waals surface area contributed by atoms with Crippen LogP contribution in [0, 0.1) is 0 Å². The highest BCUT2D eigenvalue weighted by molar-refractivity contribution is 6.28. The van der Waals surface area contributed by atoms with E-state index in [1.807, 2.05) is 0 Å². The Labute approximate surface area is 123 Å². The highest BCUT2D eigenvalue weighted by Gasteiger charge is 2.37. The third-order valence-electron chi connectivity index (χ3n) is 4.66. The quantitative estimate of drug-likeness (QED) is 0.839. The van der Waals surface area contributed by atoms with Crippen molar-refractivity contribution >= 4 is 17.5 Å². The third kappa shape index (κ3) is 2.37. The molecule has 2 atom stereocenters. The van der Waals surface area contributed by atoms with Crippen LogP contribution in [0.2, 0.25) is 5.28 Å². The van der Waals surface area contributed by atoms with Gasteiger partial charge < -0.3 is 9.64 Å². The standard InChI is InChI=1S/C14H19ClN4O/c15-13-16-12(9-7-10-3-4-11(8-9)20-10)17-14(18-13)19-5-1-2-6-19/h9-11H,1-8H2. The molecular weight excluding hydrogens is 276 g/mol. The van der Waals surface area contributed by atoms with Gasteiger partial charge in [0.25, 0.3) is 0 Å². The van der Waals surface area contributed by atoms with Crippen molar-refractivity contribution in [2.24, 2.45) is 0 Å². The number of hydrogen-bond acceptors (Lipinski definition) is 5. The molecule has 3 fully saturated rings. The largest absolute Gasteiger partial charge is 0.375 e. The van der Waals surface area contributed by atoms with Crippen molar-refractivity contribution in [3.8, 4) is 0 Å². The minimum Gasteiger partial charge on any atom is -0.375 e. The van der Waals surface area contributed by atoms with Gasteiger partial charge in [-0.3, -0.25) is 0 Å². The molecule has 0 aromatic carbocycles. The second kappa shape index (κ2) is 5.11. The fourth-order valence-electron chi connectivity index (χ4n) is 3.66. The molecule has 0 spiro atoms. The molecule has 20 heavy (non-hydrogen) atoms. The zero-order valence-electron chi connectivity index (χ0n) is 11.5. The van der Waals surface area contributed by atoms with Gasteiger partial charge in [-0.2, -0.15) is 9.97 Å². The van der Waals surface area contributed by atoms with Crippen LogP contribution in [0.3, 0.4) is 0 Å². The molecule has 3 aliphatic heterocycles. The van der Waals surface area contributed by atoms with Crippen LogP contribution in [0.25, 0.3) is 0 Å². The highest BCUT2D eigenvalue weighted by atomic mass is 35.5. The minimum atomic E-state index is 0.329. The Morgan fingerprint density at radius 1 is 1.00 bits per heavy atom. The Balaban J connectivity index is 1.60. The molecule has 4 heterocycles. The molecule has 2 bridgehead atoms. The summed E-state index contributed by atoms with van der Waals surface area (Å²) in [5, 5.41) is 0.329. The summed E-state index contributed by atoms with van der Waals surface area (Å²) < 4.78 is 5.89. The SMILES string of the molecule is Clc1nc(C2CC3CCC(C2)O3)nc(N2CCCC2)n1. The van der Waals surface area contributed by atoms with Crippen molar-refractivity contribution < 1.29 is 4.74 Å². The molecule has 4 rings (SSSR count). The smallest absolute Gasteiger partial charge is 0.229 e. The Morgan fingerprint density at radius 2 is 1.70 bits per heavy atom. The van der Waals surface area contributed by atoms with Gasteiger partial charge in [-0.25, -0.2) is 4.98 Å². The van der Waals surface area contributed by atoms with Crippen molar-refractivity contribution in [3.63, 3.8) is 0 Å². The maximum Gasteiger partial charge on any atom is 0.229 e. The highest BCUT2D eigenvalue weighted by Crippen LogP contribution is 2.40. The van der Waals surface area contributed by atoms with Crippen LogP contribution in [-0.4, -0.2) is 40.2 Å². The first-order valence-corrected chi connectivity index (χ1v) is 7.97. The summed E-state index contributed by atoms with van der Waals surface area (Å²) in [5.74, 6) is 2.01. The van der Waals surface area contributed by atoms with Crippen molar-refractivity contribution in [1.29, 1.82) is 0 Å². The van der Waals surface area contributed by atoms with Gasteiger partial charge in [-0.15, -0.1) is 0 Å². The molecule has 3 saturated heterocycles. The Bertz CT molecular complexity index is 494. The number of aromatic nitrogens is 3. The summed E-state index contributed by atoms with van der Waals surface area (Å²) in [7, 11) is 0. The summed E-state index contributed by atoms with van der Waals surface area (Å²) in [4.78, 5) is 15.6. The fraction of sp³-hybridized carbons (Fsp3) is 0.786. The number of halogens is 1. The summed E-state index contributed by atoms with van der Waals surface area (Å²) in [6.07, 6.45) is 7.61. The zero-order chi connectivity index (χ0) is 13.5. The molecule has 6 heteroatoms. The second-order valence-electron chi connectivity index (χ2n) is 6.08. The third-order valence-corrected chi connectivity index (χ3v) is 4.83. The van der Waals surface area contributed by atoms with Crippen LogP contribution in [0.1, 0.15) is 50.3 Å². The van der Waals surface area contributed by atoms with E-state index >= 15 is 0 Å². The number of nitrogens with zero attached hydrogens (tertiary/aromatic N) is 4. The van der Waals surface area contributed by atoms with E-state index < -0.39 is 0 Å². The molecule has 0 aliphatic carbocycles. The van der Waals surface area contributed by atoms with Gasteiger partial charge in [-0.05, 0) is 50.1 Å². The normalized spacial score (nSPS) is 32.9. The minimum absolute atomic E-state index is 0.329. The van der Waals surface area contributed by atoms with E-state index in [-0.39, 0.29) is 0 Å². The van der Waals surface area contributed by atoms with Crippen LogP contribution in [-0.2, 0) is 4.74 Å². The van der Waals surface area contributed by atoms with E-state index in [0.29, 0.717) is 23.4 Å². The topological polar surface area (TPSA) is 51.1 Å². The molecule has 3 aliphatic rings. The number of anilines is 1. The maximum absolute atomic E-state index is 6.12. The summed E-state index contributed by atoms with van der Waals surface area (Å²) >= 11 is 6.12. The van der Waals surface area contributed by atoms with Gasteiger partial charge >= 0.3 is 0 Å². The van der Waals surface area contributed by atoms with Crippen molar-refractivity contribution in [2.75, 3.05) is 18.0 Å². The summed E-state index contributed by atoms with van der Waals surface area (Å²) in [6.45, 7) is 2.05. The first kappa shape index (κ1) is 12.8. The molecule has 1 aromatic heterocycles. The summed E-state index contributed by atoms with van der Waals surface area (Å²) in [6, 6.07) is 0. The lowest BCUT2D eigenvalue weighted by atomic mass is 9.95. The van der Waals surface area contributed by atoms with Crippen LogP contribution < -0.4 is 4.90 Å². The van der Waals surface area contributed by atoms with Gasteiger partial charge in [0.15, 0.2) is 0 Å². The van der Waals surface area contributed by atoms with E-state index in [9.17, 15) is 0 Å². The van der Waals surface area contributed by atoms with E-state index in [1.54, 1.807) is 0 Å². The van der Waals surface area contributed by atoms with Crippen molar-refractivity contribution in [3.05, 3.63) is 11.1 Å². The molecule has 108 valence electrons. The van der Waals surface area contributed by atoms with Crippen molar-refractivity contribution in [1.82, 2.24) is 15.0 Å². The number of fused-ring (bicyclic) bond motifs is 2. The summed E-state index contributed by atoms with van der Waals surface area (Å²) in [5.41, 5.74) is 0. The zero-order valence-corrected chi connectivity index (χ0v) is 12.2. The van der Waals surface area contributed by atoms with E-state index in [1.165, 1.54) is 25.7 Å². The van der Waals surface area contributed by atoms with Crippen LogP contribution in [0.5, 0.6) is 0 Å². The number of rotatable bonds is 2. The first-order valence-electron chi connectivity index (χ1n) is 7.60. The lowest BCUT2D eigenvalue weighted by Crippen LogP contribution is -2.26. The van der Waals surface area contributed by atoms with E-state index in [0.717, 1.165) is 37.7 Å². The Kier molecular flexibility index (Phi) is 3.27. The van der Waals surface area contributed by atoms with Crippen LogP contribution in [0.4, 0.5) is 5.95 Å². The van der Waals surface area contributed by atoms with Gasteiger partial charge in [0.1, 0.15) is 5.82 Å². The molecule has 2 unspecified atom stereocenters. The lowest BCUT2D eigenvalue weighted by molar-refractivity contribution is -0.00510. The Hall–Kier alpha value is -0.940. The first-order chi connectivity index (χ1) is 9.78. The fourth-order valence-corrected chi connectivity index (χ4v) is 3.83.